The van der Waals surface area contributed by atoms with E-state index < -0.39 is 5.82 Å². The van der Waals surface area contributed by atoms with Crippen molar-refractivity contribution >= 4 is 0 Å². The Morgan fingerprint density at radius 1 is 1.47 bits per heavy atom. The Bertz CT molecular complexity index is 410. The van der Waals surface area contributed by atoms with Gasteiger partial charge in [0.25, 0.3) is 0 Å². The third-order valence-electron chi connectivity index (χ3n) is 2.44. The van der Waals surface area contributed by atoms with Crippen LogP contribution in [0, 0.1) is 17.1 Å². The number of likely N-dealkylation sites (N-methyl/N-ethyl adjacent to an activating group) is 1. The maximum atomic E-state index is 13.1. The molecule has 1 atom stereocenters. The van der Waals surface area contributed by atoms with Gasteiger partial charge in [0.15, 0.2) is 0 Å². The van der Waals surface area contributed by atoms with Crippen LogP contribution >= 0.6 is 0 Å². The van der Waals surface area contributed by atoms with Gasteiger partial charge in [-0.2, -0.15) is 5.26 Å². The summed E-state index contributed by atoms with van der Waals surface area (Å²) in [6, 6.07) is 6.82. The van der Waals surface area contributed by atoms with E-state index in [0.717, 1.165) is 12.1 Å². The van der Waals surface area contributed by atoms with Crippen molar-refractivity contribution in [3.8, 4) is 6.07 Å². The summed E-state index contributed by atoms with van der Waals surface area (Å²) in [7, 11) is 4.04. The van der Waals surface area contributed by atoms with Crippen molar-refractivity contribution in [1.29, 1.82) is 5.26 Å². The second-order valence-electron chi connectivity index (χ2n) is 4.47. The van der Waals surface area contributed by atoms with Gasteiger partial charge in [-0.25, -0.2) is 4.39 Å². The Morgan fingerprint density at radius 2 is 2.18 bits per heavy atom. The molecule has 1 rings (SSSR count). The fourth-order valence-corrected chi connectivity index (χ4v) is 1.67. The van der Waals surface area contributed by atoms with E-state index >= 15 is 0 Å². The number of nitriles is 1. The molecule has 0 saturated heterocycles. The Labute approximate surface area is 102 Å². The standard InChI is InChI=1S/C13H18FN3/c1-10(9-17(2)3)16-8-11-4-5-13(14)12(6-11)7-15/h4-6,10,16H,8-9H2,1-3H3. The number of halogens is 1. The topological polar surface area (TPSA) is 39.1 Å². The second-order valence-corrected chi connectivity index (χ2v) is 4.47. The van der Waals surface area contributed by atoms with Crippen molar-refractivity contribution in [2.45, 2.75) is 19.5 Å². The minimum absolute atomic E-state index is 0.101. The molecule has 0 aromatic heterocycles. The van der Waals surface area contributed by atoms with Crippen molar-refractivity contribution in [1.82, 2.24) is 10.2 Å². The summed E-state index contributed by atoms with van der Waals surface area (Å²) in [5.41, 5.74) is 1.03. The second kappa shape index (κ2) is 6.33. The van der Waals surface area contributed by atoms with Crippen molar-refractivity contribution in [2.24, 2.45) is 0 Å². The van der Waals surface area contributed by atoms with Gasteiger partial charge in [-0.1, -0.05) is 6.07 Å². The molecule has 0 aliphatic carbocycles. The monoisotopic (exact) mass is 235 g/mol. The van der Waals surface area contributed by atoms with Crippen molar-refractivity contribution in [3.63, 3.8) is 0 Å². The lowest BCUT2D eigenvalue weighted by molar-refractivity contribution is 0.349. The fourth-order valence-electron chi connectivity index (χ4n) is 1.67. The molecule has 4 heteroatoms. The van der Waals surface area contributed by atoms with E-state index in [-0.39, 0.29) is 5.56 Å². The molecule has 1 aromatic rings. The molecule has 0 heterocycles. The molecule has 0 aliphatic heterocycles. The molecule has 0 fully saturated rings. The lowest BCUT2D eigenvalue weighted by Gasteiger charge is -2.18. The largest absolute Gasteiger partial charge is 0.309 e. The summed E-state index contributed by atoms with van der Waals surface area (Å²) >= 11 is 0. The highest BCUT2D eigenvalue weighted by Gasteiger charge is 2.05. The van der Waals surface area contributed by atoms with Crippen LogP contribution in [0.5, 0.6) is 0 Å². The van der Waals surface area contributed by atoms with Crippen LogP contribution in [-0.4, -0.2) is 31.6 Å². The van der Waals surface area contributed by atoms with Crippen LogP contribution in [0.1, 0.15) is 18.1 Å². The molecule has 17 heavy (non-hydrogen) atoms. The van der Waals surface area contributed by atoms with Gasteiger partial charge in [0.1, 0.15) is 11.9 Å². The van der Waals surface area contributed by atoms with Gasteiger partial charge in [0.05, 0.1) is 5.56 Å². The average molecular weight is 235 g/mol. The zero-order chi connectivity index (χ0) is 12.8. The van der Waals surface area contributed by atoms with Crippen molar-refractivity contribution in [2.75, 3.05) is 20.6 Å². The number of nitrogens with one attached hydrogen (secondary N) is 1. The molecular formula is C13H18FN3. The van der Waals surface area contributed by atoms with Crippen molar-refractivity contribution < 1.29 is 4.39 Å². The van der Waals surface area contributed by atoms with Crippen LogP contribution < -0.4 is 5.32 Å². The van der Waals surface area contributed by atoms with Crippen LogP contribution in [0.25, 0.3) is 0 Å². The van der Waals surface area contributed by atoms with Gasteiger partial charge in [0.2, 0.25) is 0 Å². The van der Waals surface area contributed by atoms with Crippen LogP contribution in [0.15, 0.2) is 18.2 Å². The highest BCUT2D eigenvalue weighted by Crippen LogP contribution is 2.09. The van der Waals surface area contributed by atoms with Gasteiger partial charge in [-0.15, -0.1) is 0 Å². The van der Waals surface area contributed by atoms with Crippen LogP contribution in [-0.2, 0) is 6.54 Å². The molecule has 1 unspecified atom stereocenters. The summed E-state index contributed by atoms with van der Waals surface area (Å²) in [6.07, 6.45) is 0. The predicted octanol–water partition coefficient (Wildman–Crippen LogP) is 1.74. The highest BCUT2D eigenvalue weighted by atomic mass is 19.1. The zero-order valence-corrected chi connectivity index (χ0v) is 10.5. The van der Waals surface area contributed by atoms with E-state index in [1.54, 1.807) is 12.1 Å². The summed E-state index contributed by atoms with van der Waals surface area (Å²) < 4.78 is 13.1. The van der Waals surface area contributed by atoms with Gasteiger partial charge in [-0.3, -0.25) is 0 Å². The van der Waals surface area contributed by atoms with Crippen molar-refractivity contribution in [3.05, 3.63) is 35.1 Å². The number of rotatable bonds is 5. The SMILES string of the molecule is CC(CN(C)C)NCc1ccc(F)c(C#N)c1. The minimum atomic E-state index is -0.461. The zero-order valence-electron chi connectivity index (χ0n) is 10.5. The smallest absolute Gasteiger partial charge is 0.140 e. The Kier molecular flexibility index (Phi) is 5.08. The molecule has 0 bridgehead atoms. The van der Waals surface area contributed by atoms with E-state index in [1.165, 1.54) is 6.07 Å². The summed E-state index contributed by atoms with van der Waals surface area (Å²) in [6.45, 7) is 3.67. The first-order chi connectivity index (χ1) is 8.02. The molecule has 0 radical (unpaired) electrons. The molecule has 1 aromatic carbocycles. The van der Waals surface area contributed by atoms with Crippen LogP contribution in [0.4, 0.5) is 4.39 Å². The minimum Gasteiger partial charge on any atom is -0.309 e. The molecule has 0 saturated carbocycles. The van der Waals surface area contributed by atoms with E-state index in [2.05, 4.69) is 17.1 Å². The molecule has 92 valence electrons. The molecule has 3 nitrogen and oxygen atoms in total. The number of hydrogen-bond acceptors (Lipinski definition) is 3. The molecule has 1 N–H and O–H groups in total. The summed E-state index contributed by atoms with van der Waals surface area (Å²) in [5, 5.41) is 12.0. The molecule has 0 aliphatic rings. The lowest BCUT2D eigenvalue weighted by atomic mass is 10.1. The lowest BCUT2D eigenvalue weighted by Crippen LogP contribution is -2.35. The number of benzene rings is 1. The third kappa shape index (κ3) is 4.51. The maximum absolute atomic E-state index is 13.1. The Morgan fingerprint density at radius 3 is 2.76 bits per heavy atom. The first-order valence-electron chi connectivity index (χ1n) is 5.59. The highest BCUT2D eigenvalue weighted by molar-refractivity contribution is 5.34. The molecule has 0 spiro atoms. The van der Waals surface area contributed by atoms with E-state index in [1.807, 2.05) is 20.2 Å². The maximum Gasteiger partial charge on any atom is 0.140 e. The van der Waals surface area contributed by atoms with Crippen LogP contribution in [0.2, 0.25) is 0 Å². The summed E-state index contributed by atoms with van der Waals surface area (Å²) in [4.78, 5) is 2.10. The van der Waals surface area contributed by atoms with Gasteiger partial charge in [-0.05, 0) is 38.7 Å². The third-order valence-corrected chi connectivity index (χ3v) is 2.44. The Hall–Kier alpha value is -1.44. The quantitative estimate of drug-likeness (QED) is 0.845. The van der Waals surface area contributed by atoms with Gasteiger partial charge < -0.3 is 10.2 Å². The molecular weight excluding hydrogens is 217 g/mol. The van der Waals surface area contributed by atoms with E-state index in [4.69, 9.17) is 5.26 Å². The van der Waals surface area contributed by atoms with E-state index in [0.29, 0.717) is 12.6 Å². The summed E-state index contributed by atoms with van der Waals surface area (Å²) in [5.74, 6) is -0.461. The first-order valence-corrected chi connectivity index (χ1v) is 5.59. The first kappa shape index (κ1) is 13.6. The van der Waals surface area contributed by atoms with Gasteiger partial charge >= 0.3 is 0 Å². The Balaban J connectivity index is 2.55. The number of nitrogens with zero attached hydrogens (tertiary/aromatic N) is 2. The fraction of sp³-hybridized carbons (Fsp3) is 0.462. The van der Waals surface area contributed by atoms with Gasteiger partial charge in [0, 0.05) is 19.1 Å². The molecule has 0 amide bonds. The predicted molar refractivity (Wildman–Crippen MR) is 66.0 cm³/mol. The number of hydrogen-bond donors (Lipinski definition) is 1. The normalized spacial score (nSPS) is 12.5. The van der Waals surface area contributed by atoms with Crippen LogP contribution in [0.3, 0.4) is 0 Å². The van der Waals surface area contributed by atoms with E-state index in [9.17, 15) is 4.39 Å². The average Bonchev–Trinajstić information content (AvgIpc) is 2.27.